The van der Waals surface area contributed by atoms with Gasteiger partial charge in [0.2, 0.25) is 5.91 Å². The minimum absolute atomic E-state index is 0.0211. The summed E-state index contributed by atoms with van der Waals surface area (Å²) in [6.07, 6.45) is 1.88. The maximum Gasteiger partial charge on any atom is 0.265 e. The second-order valence-corrected chi connectivity index (χ2v) is 7.52. The molecule has 1 aliphatic rings. The Balaban J connectivity index is 1.60. The van der Waals surface area contributed by atoms with Crippen molar-refractivity contribution in [3.05, 3.63) is 46.8 Å². The van der Waals surface area contributed by atoms with Crippen LogP contribution in [0.15, 0.2) is 36.4 Å². The fourth-order valence-corrected chi connectivity index (χ4v) is 3.48. The first kappa shape index (κ1) is 19.1. The topological polar surface area (TPSA) is 78.5 Å². The number of thiophene rings is 1. The van der Waals surface area contributed by atoms with E-state index in [0.29, 0.717) is 34.2 Å². The maximum atomic E-state index is 12.4. The Kier molecular flexibility index (Phi) is 5.91. The lowest BCUT2D eigenvalue weighted by atomic mass is 10.1. The van der Waals surface area contributed by atoms with Gasteiger partial charge >= 0.3 is 0 Å². The molecule has 0 saturated heterocycles. The minimum atomic E-state index is -0.241. The van der Waals surface area contributed by atoms with Crippen molar-refractivity contribution in [2.24, 2.45) is 5.92 Å². The van der Waals surface area contributed by atoms with Crippen molar-refractivity contribution in [1.82, 2.24) is 4.90 Å². The van der Waals surface area contributed by atoms with E-state index in [9.17, 15) is 14.4 Å². The fourth-order valence-electron chi connectivity index (χ4n) is 2.68. The van der Waals surface area contributed by atoms with E-state index in [2.05, 4.69) is 10.6 Å². The van der Waals surface area contributed by atoms with Gasteiger partial charge in [-0.3, -0.25) is 14.4 Å². The number of nitrogens with zero attached hydrogens (tertiary/aromatic N) is 1. The summed E-state index contributed by atoms with van der Waals surface area (Å²) in [5.74, 6) is -0.110. The van der Waals surface area contributed by atoms with Gasteiger partial charge in [0, 0.05) is 30.3 Å². The lowest BCUT2D eigenvalue weighted by Crippen LogP contribution is -2.30. The average Bonchev–Trinajstić information content (AvgIpc) is 3.43. The van der Waals surface area contributed by atoms with Crippen LogP contribution in [0.1, 0.15) is 46.7 Å². The van der Waals surface area contributed by atoms with Crippen LogP contribution in [-0.4, -0.2) is 35.7 Å². The molecule has 0 radical (unpaired) electrons. The number of rotatable bonds is 7. The second-order valence-electron chi connectivity index (χ2n) is 6.44. The van der Waals surface area contributed by atoms with Crippen LogP contribution in [0, 0.1) is 5.92 Å². The van der Waals surface area contributed by atoms with Gasteiger partial charge in [-0.25, -0.2) is 0 Å². The molecular weight excluding hydrogens is 362 g/mol. The molecule has 3 rings (SSSR count). The van der Waals surface area contributed by atoms with Crippen LogP contribution in [0.3, 0.4) is 0 Å². The monoisotopic (exact) mass is 385 g/mol. The van der Waals surface area contributed by atoms with E-state index in [1.165, 1.54) is 11.3 Å². The quantitative estimate of drug-likeness (QED) is 0.760. The predicted octanol–water partition coefficient (Wildman–Crippen LogP) is 3.83. The molecular formula is C20H23N3O3S. The van der Waals surface area contributed by atoms with Crippen LogP contribution in [0.4, 0.5) is 10.7 Å². The molecule has 0 atom stereocenters. The summed E-state index contributed by atoms with van der Waals surface area (Å²) in [6.45, 7) is 5.20. The van der Waals surface area contributed by atoms with Crippen molar-refractivity contribution < 1.29 is 14.4 Å². The summed E-state index contributed by atoms with van der Waals surface area (Å²) in [4.78, 5) is 38.8. The van der Waals surface area contributed by atoms with Crippen LogP contribution in [0.2, 0.25) is 0 Å². The maximum absolute atomic E-state index is 12.4. The third kappa shape index (κ3) is 4.74. The van der Waals surface area contributed by atoms with E-state index in [0.717, 1.165) is 12.8 Å². The van der Waals surface area contributed by atoms with Crippen LogP contribution in [0.25, 0.3) is 0 Å². The number of carbonyl (C=O) groups excluding carboxylic acids is 3. The zero-order chi connectivity index (χ0) is 19.4. The van der Waals surface area contributed by atoms with Crippen LogP contribution in [-0.2, 0) is 4.79 Å². The van der Waals surface area contributed by atoms with Crippen molar-refractivity contribution in [3.63, 3.8) is 0 Å². The Morgan fingerprint density at radius 2 is 1.67 bits per heavy atom. The number of carbonyl (C=O) groups is 3. The van der Waals surface area contributed by atoms with E-state index in [1.54, 1.807) is 41.3 Å². The molecule has 0 unspecified atom stereocenters. The smallest absolute Gasteiger partial charge is 0.265 e. The molecule has 1 fully saturated rings. The summed E-state index contributed by atoms with van der Waals surface area (Å²) in [5, 5.41) is 6.34. The number of anilines is 2. The van der Waals surface area contributed by atoms with Crippen molar-refractivity contribution in [3.8, 4) is 0 Å². The van der Waals surface area contributed by atoms with Crippen LogP contribution in [0.5, 0.6) is 0 Å². The summed E-state index contributed by atoms with van der Waals surface area (Å²) >= 11 is 1.25. The standard InChI is InChI=1S/C20H23N3O3S/c1-3-23(4-2)20(26)14-7-9-15(10-8-14)21-19(25)16-11-12-17(27-16)22-18(24)13-5-6-13/h7-13H,3-6H2,1-2H3,(H,21,25)(H,22,24). The zero-order valence-corrected chi connectivity index (χ0v) is 16.3. The zero-order valence-electron chi connectivity index (χ0n) is 15.5. The summed E-state index contributed by atoms with van der Waals surface area (Å²) in [7, 11) is 0. The number of amides is 3. The first-order chi connectivity index (χ1) is 13.0. The Morgan fingerprint density at radius 3 is 2.26 bits per heavy atom. The molecule has 0 bridgehead atoms. The molecule has 1 aliphatic carbocycles. The van der Waals surface area contributed by atoms with Gasteiger partial charge in [-0.05, 0) is 63.1 Å². The molecule has 1 heterocycles. The SMILES string of the molecule is CCN(CC)C(=O)c1ccc(NC(=O)c2ccc(NC(=O)C3CC3)s2)cc1. The summed E-state index contributed by atoms with van der Waals surface area (Å²) < 4.78 is 0. The number of nitrogens with one attached hydrogen (secondary N) is 2. The highest BCUT2D eigenvalue weighted by Crippen LogP contribution is 2.31. The third-order valence-electron chi connectivity index (χ3n) is 4.46. The predicted molar refractivity (Wildman–Crippen MR) is 107 cm³/mol. The van der Waals surface area contributed by atoms with Crippen LogP contribution < -0.4 is 10.6 Å². The van der Waals surface area contributed by atoms with Gasteiger partial charge < -0.3 is 15.5 Å². The Bertz CT molecular complexity index is 836. The molecule has 2 N–H and O–H groups in total. The molecule has 3 amide bonds. The van der Waals surface area contributed by atoms with E-state index in [4.69, 9.17) is 0 Å². The number of hydrogen-bond acceptors (Lipinski definition) is 4. The number of benzene rings is 1. The van der Waals surface area contributed by atoms with Crippen LogP contribution >= 0.6 is 11.3 Å². The highest BCUT2D eigenvalue weighted by molar-refractivity contribution is 7.18. The van der Waals surface area contributed by atoms with E-state index in [-0.39, 0.29) is 23.6 Å². The lowest BCUT2D eigenvalue weighted by Gasteiger charge is -2.18. The molecule has 0 aliphatic heterocycles. The van der Waals surface area contributed by atoms with Gasteiger partial charge in [-0.1, -0.05) is 0 Å². The van der Waals surface area contributed by atoms with Gasteiger partial charge in [0.05, 0.1) is 9.88 Å². The van der Waals surface area contributed by atoms with Gasteiger partial charge in [-0.2, -0.15) is 0 Å². The molecule has 0 spiro atoms. The van der Waals surface area contributed by atoms with Crippen molar-refractivity contribution in [2.75, 3.05) is 23.7 Å². The second kappa shape index (κ2) is 8.35. The Hall–Kier alpha value is -2.67. The Labute approximate surface area is 162 Å². The third-order valence-corrected chi connectivity index (χ3v) is 5.46. The van der Waals surface area contributed by atoms with Gasteiger partial charge in [-0.15, -0.1) is 11.3 Å². The number of hydrogen-bond donors (Lipinski definition) is 2. The van der Waals surface area contributed by atoms with Crippen molar-refractivity contribution >= 4 is 39.7 Å². The highest BCUT2D eigenvalue weighted by Gasteiger charge is 2.29. The molecule has 27 heavy (non-hydrogen) atoms. The molecule has 142 valence electrons. The van der Waals surface area contributed by atoms with Crippen molar-refractivity contribution in [2.45, 2.75) is 26.7 Å². The van der Waals surface area contributed by atoms with Gasteiger partial charge in [0.15, 0.2) is 0 Å². The van der Waals surface area contributed by atoms with Crippen molar-refractivity contribution in [1.29, 1.82) is 0 Å². The summed E-state index contributed by atoms with van der Waals surface area (Å²) in [6, 6.07) is 10.3. The van der Waals surface area contributed by atoms with E-state index >= 15 is 0 Å². The van der Waals surface area contributed by atoms with E-state index < -0.39 is 0 Å². The molecule has 1 aromatic heterocycles. The minimum Gasteiger partial charge on any atom is -0.339 e. The molecule has 6 nitrogen and oxygen atoms in total. The molecule has 1 aromatic carbocycles. The average molecular weight is 385 g/mol. The lowest BCUT2D eigenvalue weighted by molar-refractivity contribution is -0.117. The molecule has 7 heteroatoms. The molecule has 2 aromatic rings. The normalized spacial score (nSPS) is 13.1. The highest BCUT2D eigenvalue weighted by atomic mass is 32.1. The fraction of sp³-hybridized carbons (Fsp3) is 0.350. The van der Waals surface area contributed by atoms with E-state index in [1.807, 2.05) is 13.8 Å². The van der Waals surface area contributed by atoms with Gasteiger partial charge in [0.1, 0.15) is 0 Å². The Morgan fingerprint density at radius 1 is 1.00 bits per heavy atom. The first-order valence-corrected chi connectivity index (χ1v) is 9.94. The summed E-state index contributed by atoms with van der Waals surface area (Å²) in [5.41, 5.74) is 1.21. The molecule has 1 saturated carbocycles. The largest absolute Gasteiger partial charge is 0.339 e. The first-order valence-electron chi connectivity index (χ1n) is 9.13. The van der Waals surface area contributed by atoms with Gasteiger partial charge in [0.25, 0.3) is 11.8 Å².